The number of nitrogens with zero attached hydrogens (tertiary/aromatic N) is 2. The standard InChI is InChI=1S/C14H21N3O2S/c1-2-15-13(18)10-16-5-3-6-17(8-7-16)14(19)12-4-9-20-11-12/h4,9,11H,2-3,5-8,10H2,1H3,(H,15,18). The van der Waals surface area contributed by atoms with Gasteiger partial charge < -0.3 is 10.2 Å². The molecule has 0 aromatic carbocycles. The van der Waals surface area contributed by atoms with Gasteiger partial charge in [0.1, 0.15) is 0 Å². The number of carbonyl (C=O) groups is 2. The zero-order chi connectivity index (χ0) is 14.4. The van der Waals surface area contributed by atoms with Crippen LogP contribution in [-0.4, -0.2) is 60.9 Å². The second kappa shape index (κ2) is 7.40. The summed E-state index contributed by atoms with van der Waals surface area (Å²) in [6, 6.07) is 1.87. The molecule has 0 unspecified atom stereocenters. The van der Waals surface area contributed by atoms with Gasteiger partial charge in [0.15, 0.2) is 0 Å². The molecular weight excluding hydrogens is 274 g/mol. The maximum absolute atomic E-state index is 12.3. The quantitative estimate of drug-likeness (QED) is 0.903. The summed E-state index contributed by atoms with van der Waals surface area (Å²) in [5.74, 6) is 0.163. The minimum Gasteiger partial charge on any atom is -0.355 e. The van der Waals surface area contributed by atoms with Crippen molar-refractivity contribution in [2.24, 2.45) is 0 Å². The number of rotatable bonds is 4. The Bertz CT molecular complexity index is 447. The van der Waals surface area contributed by atoms with Crippen molar-refractivity contribution in [3.63, 3.8) is 0 Å². The highest BCUT2D eigenvalue weighted by Gasteiger charge is 2.21. The van der Waals surface area contributed by atoms with E-state index in [1.807, 2.05) is 28.7 Å². The van der Waals surface area contributed by atoms with E-state index in [0.717, 1.165) is 31.6 Å². The van der Waals surface area contributed by atoms with Gasteiger partial charge in [-0.25, -0.2) is 0 Å². The Morgan fingerprint density at radius 1 is 1.30 bits per heavy atom. The van der Waals surface area contributed by atoms with Crippen LogP contribution in [0.15, 0.2) is 16.8 Å². The molecule has 1 aliphatic rings. The van der Waals surface area contributed by atoms with Gasteiger partial charge >= 0.3 is 0 Å². The molecule has 110 valence electrons. The van der Waals surface area contributed by atoms with E-state index in [-0.39, 0.29) is 11.8 Å². The highest BCUT2D eigenvalue weighted by molar-refractivity contribution is 7.08. The predicted molar refractivity (Wildman–Crippen MR) is 80.0 cm³/mol. The number of hydrogen-bond donors (Lipinski definition) is 1. The third-order valence-electron chi connectivity index (χ3n) is 3.39. The summed E-state index contributed by atoms with van der Waals surface area (Å²) in [6.45, 7) is 6.08. The molecule has 2 amide bonds. The van der Waals surface area contributed by atoms with Crippen molar-refractivity contribution < 1.29 is 9.59 Å². The highest BCUT2D eigenvalue weighted by Crippen LogP contribution is 2.12. The van der Waals surface area contributed by atoms with Crippen molar-refractivity contribution in [2.75, 3.05) is 39.3 Å². The molecule has 6 heteroatoms. The summed E-state index contributed by atoms with van der Waals surface area (Å²) in [7, 11) is 0. The van der Waals surface area contributed by atoms with Crippen LogP contribution < -0.4 is 5.32 Å². The molecule has 1 aromatic heterocycles. The van der Waals surface area contributed by atoms with Crippen molar-refractivity contribution in [3.8, 4) is 0 Å². The molecule has 5 nitrogen and oxygen atoms in total. The zero-order valence-electron chi connectivity index (χ0n) is 11.8. The number of amides is 2. The van der Waals surface area contributed by atoms with E-state index in [0.29, 0.717) is 19.6 Å². The largest absolute Gasteiger partial charge is 0.355 e. The smallest absolute Gasteiger partial charge is 0.254 e. The molecule has 0 atom stereocenters. The maximum atomic E-state index is 12.3. The molecule has 2 heterocycles. The number of thiophene rings is 1. The number of hydrogen-bond acceptors (Lipinski definition) is 4. The molecule has 0 radical (unpaired) electrons. The van der Waals surface area contributed by atoms with Gasteiger partial charge in [0.25, 0.3) is 5.91 Å². The minimum atomic E-state index is 0.0603. The van der Waals surface area contributed by atoms with Gasteiger partial charge in [-0.1, -0.05) is 0 Å². The van der Waals surface area contributed by atoms with Crippen molar-refractivity contribution in [3.05, 3.63) is 22.4 Å². The lowest BCUT2D eigenvalue weighted by atomic mass is 10.3. The van der Waals surface area contributed by atoms with Crippen LogP contribution in [0.1, 0.15) is 23.7 Å². The summed E-state index contributed by atoms with van der Waals surface area (Å²) in [4.78, 5) is 27.9. The van der Waals surface area contributed by atoms with Gasteiger partial charge in [-0.3, -0.25) is 14.5 Å². The second-order valence-electron chi connectivity index (χ2n) is 4.89. The average Bonchev–Trinajstić information content (AvgIpc) is 2.86. The Hall–Kier alpha value is -1.40. The fourth-order valence-electron chi connectivity index (χ4n) is 2.36. The van der Waals surface area contributed by atoms with Crippen LogP contribution in [0.5, 0.6) is 0 Å². The zero-order valence-corrected chi connectivity index (χ0v) is 12.6. The van der Waals surface area contributed by atoms with Gasteiger partial charge in [-0.2, -0.15) is 11.3 Å². The van der Waals surface area contributed by atoms with E-state index < -0.39 is 0 Å². The van der Waals surface area contributed by atoms with Crippen LogP contribution >= 0.6 is 11.3 Å². The minimum absolute atomic E-state index is 0.0603. The highest BCUT2D eigenvalue weighted by atomic mass is 32.1. The molecule has 0 saturated carbocycles. The number of likely N-dealkylation sites (N-methyl/N-ethyl adjacent to an activating group) is 1. The summed E-state index contributed by atoms with van der Waals surface area (Å²) in [5, 5.41) is 6.62. The van der Waals surface area contributed by atoms with Crippen molar-refractivity contribution >= 4 is 23.2 Å². The Kier molecular flexibility index (Phi) is 5.55. The number of carbonyl (C=O) groups excluding carboxylic acids is 2. The third-order valence-corrected chi connectivity index (χ3v) is 4.07. The van der Waals surface area contributed by atoms with E-state index >= 15 is 0 Å². The van der Waals surface area contributed by atoms with Crippen LogP contribution in [0.25, 0.3) is 0 Å². The lowest BCUT2D eigenvalue weighted by molar-refractivity contribution is -0.122. The van der Waals surface area contributed by atoms with Gasteiger partial charge in [-0.15, -0.1) is 0 Å². The fraction of sp³-hybridized carbons (Fsp3) is 0.571. The first-order valence-corrected chi connectivity index (χ1v) is 7.95. The second-order valence-corrected chi connectivity index (χ2v) is 5.67. The van der Waals surface area contributed by atoms with Crippen molar-refractivity contribution in [1.82, 2.24) is 15.1 Å². The van der Waals surface area contributed by atoms with Crippen LogP contribution in [0.3, 0.4) is 0 Å². The summed E-state index contributed by atoms with van der Waals surface area (Å²) in [6.07, 6.45) is 0.912. The first kappa shape index (κ1) is 15.0. The Morgan fingerprint density at radius 3 is 2.85 bits per heavy atom. The first-order chi connectivity index (χ1) is 9.70. The molecule has 20 heavy (non-hydrogen) atoms. The Balaban J connectivity index is 1.86. The Morgan fingerprint density at radius 2 is 2.15 bits per heavy atom. The van der Waals surface area contributed by atoms with Crippen LogP contribution in [0.4, 0.5) is 0 Å². The first-order valence-electron chi connectivity index (χ1n) is 7.01. The van der Waals surface area contributed by atoms with Crippen LogP contribution in [0, 0.1) is 0 Å². The van der Waals surface area contributed by atoms with Crippen molar-refractivity contribution in [1.29, 1.82) is 0 Å². The molecule has 1 saturated heterocycles. The Labute approximate surface area is 123 Å². The molecule has 1 aliphatic heterocycles. The predicted octanol–water partition coefficient (Wildman–Crippen LogP) is 1.03. The van der Waals surface area contributed by atoms with Gasteiger partial charge in [0, 0.05) is 38.1 Å². The topological polar surface area (TPSA) is 52.7 Å². The average molecular weight is 295 g/mol. The molecule has 0 bridgehead atoms. The van der Waals surface area contributed by atoms with Crippen molar-refractivity contribution in [2.45, 2.75) is 13.3 Å². The normalized spacial score (nSPS) is 16.8. The monoisotopic (exact) mass is 295 g/mol. The molecule has 0 aliphatic carbocycles. The lowest BCUT2D eigenvalue weighted by Crippen LogP contribution is -2.40. The van der Waals surface area contributed by atoms with E-state index in [2.05, 4.69) is 10.2 Å². The maximum Gasteiger partial charge on any atom is 0.254 e. The summed E-state index contributed by atoms with van der Waals surface area (Å²) in [5.41, 5.74) is 0.771. The van der Waals surface area contributed by atoms with Gasteiger partial charge in [0.05, 0.1) is 12.1 Å². The lowest BCUT2D eigenvalue weighted by Gasteiger charge is -2.21. The third kappa shape index (κ3) is 4.05. The van der Waals surface area contributed by atoms with E-state index in [1.165, 1.54) is 0 Å². The molecule has 1 aromatic rings. The molecule has 2 rings (SSSR count). The van der Waals surface area contributed by atoms with E-state index in [4.69, 9.17) is 0 Å². The molecule has 1 N–H and O–H groups in total. The van der Waals surface area contributed by atoms with E-state index in [9.17, 15) is 9.59 Å². The SMILES string of the molecule is CCNC(=O)CN1CCCN(C(=O)c2ccsc2)CC1. The summed E-state index contributed by atoms with van der Waals surface area (Å²) < 4.78 is 0. The van der Waals surface area contributed by atoms with Crippen LogP contribution in [-0.2, 0) is 4.79 Å². The van der Waals surface area contributed by atoms with Gasteiger partial charge in [0.2, 0.25) is 5.91 Å². The fourth-order valence-corrected chi connectivity index (χ4v) is 2.99. The number of nitrogens with one attached hydrogen (secondary N) is 1. The van der Waals surface area contributed by atoms with Crippen LogP contribution in [0.2, 0.25) is 0 Å². The molecular formula is C14H21N3O2S. The van der Waals surface area contributed by atoms with E-state index in [1.54, 1.807) is 11.3 Å². The van der Waals surface area contributed by atoms with Gasteiger partial charge in [-0.05, 0) is 24.8 Å². The molecule has 1 fully saturated rings. The molecule has 0 spiro atoms. The summed E-state index contributed by atoms with van der Waals surface area (Å²) >= 11 is 1.54.